The first-order valence-corrected chi connectivity index (χ1v) is 13.5. The lowest BCUT2D eigenvalue weighted by Gasteiger charge is -2.36. The molecule has 0 amide bonds. The summed E-state index contributed by atoms with van der Waals surface area (Å²) in [4.78, 5) is 7.24. The summed E-state index contributed by atoms with van der Waals surface area (Å²) in [5.41, 5.74) is 13.4. The van der Waals surface area contributed by atoms with E-state index >= 15 is 0 Å². The van der Waals surface area contributed by atoms with E-state index in [-0.39, 0.29) is 6.98 Å². The molecular weight excluding hydrogens is 437 g/mol. The maximum atomic E-state index is 4.80. The van der Waals surface area contributed by atoms with Crippen molar-refractivity contribution in [3.8, 4) is 22.5 Å². The summed E-state index contributed by atoms with van der Waals surface area (Å²) < 4.78 is 2.33. The van der Waals surface area contributed by atoms with E-state index in [1.807, 2.05) is 6.20 Å². The molecule has 3 nitrogen and oxygen atoms in total. The zero-order valence-electron chi connectivity index (χ0n) is 22.3. The molecule has 0 unspecified atom stereocenters. The molecule has 1 saturated carbocycles. The predicted octanol–water partition coefficient (Wildman–Crippen LogP) is 7.19. The zero-order valence-corrected chi connectivity index (χ0v) is 22.3. The van der Waals surface area contributed by atoms with E-state index in [4.69, 9.17) is 4.98 Å². The average molecular weight is 473 g/mol. The Hall–Kier alpha value is -3.27. The van der Waals surface area contributed by atoms with Gasteiger partial charge in [-0.15, -0.1) is 0 Å². The molecule has 0 N–H and O–H groups in total. The van der Waals surface area contributed by atoms with Crippen molar-refractivity contribution in [3.63, 3.8) is 0 Å². The van der Waals surface area contributed by atoms with Gasteiger partial charge in [-0.25, -0.2) is 4.98 Å². The van der Waals surface area contributed by atoms with E-state index < -0.39 is 0 Å². The lowest BCUT2D eigenvalue weighted by molar-refractivity contribution is 0.443. The van der Waals surface area contributed by atoms with E-state index in [1.54, 1.807) is 5.56 Å². The second kappa shape index (κ2) is 8.99. The topological polar surface area (TPSA) is 21.1 Å². The number of nitrogens with zero attached hydrogens (tertiary/aromatic N) is 3. The number of aryl methyl sites for hydroxylation is 4. The van der Waals surface area contributed by atoms with Gasteiger partial charge in [0, 0.05) is 23.6 Å². The lowest BCUT2D eigenvalue weighted by Crippen LogP contribution is -2.56. The second-order valence-corrected chi connectivity index (χ2v) is 11.0. The standard InChI is InChI=1S/C32H36BN3/c1-21-10-9-11-22(2)31(21)33-35(5)29-20-26(14-15-28(29)32-34-16-17-36(32)33)30-23(3)18-27(19-24(30)4)25-12-7-6-8-13-25/h9-11,14-20,25H,6-8,12-13H2,1-5H3. The Morgan fingerprint density at radius 1 is 0.833 bits per heavy atom. The Bertz CT molecular complexity index is 1400. The van der Waals surface area contributed by atoms with Gasteiger partial charge in [-0.05, 0) is 98.9 Å². The van der Waals surface area contributed by atoms with Gasteiger partial charge in [0.25, 0.3) is 0 Å². The SMILES string of the molecule is Cc1cccc(C)c1B1N(C)c2cc(-c3c(C)cc(C4CCCCC4)cc3C)ccc2-c2nccn21. The van der Waals surface area contributed by atoms with Crippen LogP contribution in [0.1, 0.15) is 65.8 Å². The Kier molecular flexibility index (Phi) is 5.78. The molecule has 0 atom stereocenters. The zero-order chi connectivity index (χ0) is 25.0. The minimum atomic E-state index is 0.0855. The highest BCUT2D eigenvalue weighted by Crippen LogP contribution is 2.41. The number of anilines is 1. The number of aromatic nitrogens is 2. The van der Waals surface area contributed by atoms with Crippen LogP contribution in [-0.2, 0) is 0 Å². The number of hydrogen-bond acceptors (Lipinski definition) is 2. The van der Waals surface area contributed by atoms with Crippen molar-refractivity contribution in [3.05, 3.63) is 88.7 Å². The average Bonchev–Trinajstić information content (AvgIpc) is 3.35. The van der Waals surface area contributed by atoms with Crippen LogP contribution in [0, 0.1) is 27.7 Å². The quantitative estimate of drug-likeness (QED) is 0.294. The molecule has 2 aliphatic rings. The second-order valence-electron chi connectivity index (χ2n) is 11.0. The summed E-state index contributed by atoms with van der Waals surface area (Å²) in [6, 6.07) is 18.5. The van der Waals surface area contributed by atoms with Crippen molar-refractivity contribution in [1.29, 1.82) is 0 Å². The summed E-state index contributed by atoms with van der Waals surface area (Å²) in [6.07, 6.45) is 10.9. The number of benzene rings is 3. The molecule has 0 radical (unpaired) electrons. The highest BCUT2D eigenvalue weighted by Gasteiger charge is 2.37. The van der Waals surface area contributed by atoms with Gasteiger partial charge >= 0.3 is 6.98 Å². The summed E-state index contributed by atoms with van der Waals surface area (Å²) in [6.45, 7) is 9.12. The molecule has 6 rings (SSSR count). The number of fused-ring (bicyclic) bond motifs is 3. The van der Waals surface area contributed by atoms with Crippen LogP contribution < -0.4 is 10.3 Å². The molecule has 36 heavy (non-hydrogen) atoms. The first-order valence-electron chi connectivity index (χ1n) is 13.5. The smallest absolute Gasteiger partial charge is 0.394 e. The van der Waals surface area contributed by atoms with Crippen LogP contribution in [0.3, 0.4) is 0 Å². The Morgan fingerprint density at radius 2 is 1.53 bits per heavy atom. The van der Waals surface area contributed by atoms with E-state index in [0.29, 0.717) is 0 Å². The first-order chi connectivity index (χ1) is 17.4. The molecule has 0 saturated heterocycles. The Morgan fingerprint density at radius 3 is 2.22 bits per heavy atom. The van der Waals surface area contributed by atoms with Crippen molar-refractivity contribution in [2.24, 2.45) is 0 Å². The number of hydrogen-bond donors (Lipinski definition) is 0. The third kappa shape index (κ3) is 3.70. The molecular formula is C32H36BN3. The normalized spacial score (nSPS) is 15.7. The van der Waals surface area contributed by atoms with Gasteiger partial charge in [0.1, 0.15) is 5.82 Å². The maximum absolute atomic E-state index is 4.80. The van der Waals surface area contributed by atoms with E-state index in [1.165, 1.54) is 82.2 Å². The minimum Gasteiger partial charge on any atom is -0.394 e. The summed E-state index contributed by atoms with van der Waals surface area (Å²) in [5.74, 6) is 1.78. The van der Waals surface area contributed by atoms with E-state index in [9.17, 15) is 0 Å². The molecule has 0 bridgehead atoms. The van der Waals surface area contributed by atoms with Crippen LogP contribution >= 0.6 is 0 Å². The van der Waals surface area contributed by atoms with Crippen LogP contribution in [0.5, 0.6) is 0 Å². The lowest BCUT2D eigenvalue weighted by atomic mass is 9.60. The van der Waals surface area contributed by atoms with Crippen molar-refractivity contribution < 1.29 is 0 Å². The van der Waals surface area contributed by atoms with Crippen molar-refractivity contribution >= 4 is 18.1 Å². The summed E-state index contributed by atoms with van der Waals surface area (Å²) in [5, 5.41) is 0. The van der Waals surface area contributed by atoms with Crippen LogP contribution in [0.25, 0.3) is 22.5 Å². The highest BCUT2D eigenvalue weighted by molar-refractivity contribution is 6.77. The molecule has 0 spiro atoms. The van der Waals surface area contributed by atoms with Gasteiger partial charge in [0.15, 0.2) is 0 Å². The fourth-order valence-corrected chi connectivity index (χ4v) is 6.90. The van der Waals surface area contributed by atoms with Gasteiger partial charge in [-0.3, -0.25) is 0 Å². The fraction of sp³-hybridized carbons (Fsp3) is 0.344. The van der Waals surface area contributed by atoms with Gasteiger partial charge in [-0.1, -0.05) is 66.8 Å². The predicted molar refractivity (Wildman–Crippen MR) is 154 cm³/mol. The van der Waals surface area contributed by atoms with Crippen molar-refractivity contribution in [2.75, 3.05) is 11.9 Å². The molecule has 1 aliphatic carbocycles. The van der Waals surface area contributed by atoms with Gasteiger partial charge < -0.3 is 9.29 Å². The molecule has 4 aromatic rings. The summed E-state index contributed by atoms with van der Waals surface area (Å²) >= 11 is 0. The molecule has 4 heteroatoms. The third-order valence-corrected chi connectivity index (χ3v) is 8.64. The molecule has 1 fully saturated rings. The largest absolute Gasteiger partial charge is 0.417 e. The van der Waals surface area contributed by atoms with Crippen LogP contribution in [0.4, 0.5) is 5.69 Å². The third-order valence-electron chi connectivity index (χ3n) is 8.64. The molecule has 1 aromatic heterocycles. The minimum absolute atomic E-state index is 0.0855. The maximum Gasteiger partial charge on any atom is 0.417 e. The fourth-order valence-electron chi connectivity index (χ4n) is 6.90. The Balaban J connectivity index is 1.46. The van der Waals surface area contributed by atoms with E-state index in [2.05, 4.69) is 98.8 Å². The monoisotopic (exact) mass is 473 g/mol. The first kappa shape index (κ1) is 23.2. The van der Waals surface area contributed by atoms with Gasteiger partial charge in [0.2, 0.25) is 0 Å². The van der Waals surface area contributed by atoms with Gasteiger partial charge in [-0.2, -0.15) is 0 Å². The number of imidazole rings is 1. The van der Waals surface area contributed by atoms with Gasteiger partial charge in [0.05, 0.1) is 0 Å². The highest BCUT2D eigenvalue weighted by atomic mass is 15.2. The van der Waals surface area contributed by atoms with Crippen LogP contribution in [-0.4, -0.2) is 23.5 Å². The van der Waals surface area contributed by atoms with Crippen LogP contribution in [0.15, 0.2) is 60.9 Å². The van der Waals surface area contributed by atoms with E-state index in [0.717, 1.165) is 11.7 Å². The summed E-state index contributed by atoms with van der Waals surface area (Å²) in [7, 11) is 2.23. The van der Waals surface area contributed by atoms with Crippen molar-refractivity contribution in [2.45, 2.75) is 65.7 Å². The molecule has 2 heterocycles. The molecule has 1 aliphatic heterocycles. The molecule has 182 valence electrons. The number of rotatable bonds is 3. The van der Waals surface area contributed by atoms with Crippen molar-refractivity contribution in [1.82, 2.24) is 9.46 Å². The van der Waals surface area contributed by atoms with Crippen LogP contribution in [0.2, 0.25) is 0 Å². The molecule has 3 aromatic carbocycles. The Labute approximate surface area is 216 Å².